The van der Waals surface area contributed by atoms with E-state index in [4.69, 9.17) is 14.0 Å². The van der Waals surface area contributed by atoms with Crippen LogP contribution in [0.15, 0.2) is 46.3 Å². The molecule has 3 aromatic rings. The third-order valence-corrected chi connectivity index (χ3v) is 7.84. The van der Waals surface area contributed by atoms with Gasteiger partial charge < -0.3 is 18.9 Å². The van der Waals surface area contributed by atoms with E-state index < -0.39 is 15.9 Å². The molecule has 1 fully saturated rings. The number of sulfone groups is 1. The van der Waals surface area contributed by atoms with Crippen LogP contribution in [0, 0.1) is 0 Å². The molecule has 3 heterocycles. The summed E-state index contributed by atoms with van der Waals surface area (Å²) < 4.78 is 40.2. The van der Waals surface area contributed by atoms with Gasteiger partial charge in [0.15, 0.2) is 32.8 Å². The Bertz CT molecular complexity index is 1170. The monoisotopic (exact) mass is 462 g/mol. The number of amides is 1. The first-order valence-electron chi connectivity index (χ1n) is 9.63. The molecular formula is C21H22N2O6S2. The predicted octanol–water partition coefficient (Wildman–Crippen LogP) is 3.25. The quantitative estimate of drug-likeness (QED) is 0.531. The van der Waals surface area contributed by atoms with Crippen molar-refractivity contribution in [1.82, 2.24) is 10.1 Å². The van der Waals surface area contributed by atoms with Crippen molar-refractivity contribution in [3.63, 3.8) is 0 Å². The molecule has 1 unspecified atom stereocenters. The summed E-state index contributed by atoms with van der Waals surface area (Å²) in [5.41, 5.74) is 0.936. The normalized spacial score (nSPS) is 17.4. The SMILES string of the molecule is COc1ccc(CN(C(=O)c2cc(-c3cccs3)on2)C2CCS(=O)(=O)C2)cc1OC. The van der Waals surface area contributed by atoms with Crippen LogP contribution in [-0.2, 0) is 16.4 Å². The molecule has 1 aliphatic rings. The molecule has 0 aliphatic carbocycles. The number of methoxy groups -OCH3 is 2. The highest BCUT2D eigenvalue weighted by molar-refractivity contribution is 7.91. The highest BCUT2D eigenvalue weighted by Crippen LogP contribution is 2.30. The Hall–Kier alpha value is -2.85. The van der Waals surface area contributed by atoms with E-state index in [9.17, 15) is 13.2 Å². The molecule has 1 aromatic carbocycles. The van der Waals surface area contributed by atoms with Gasteiger partial charge in [0.25, 0.3) is 5.91 Å². The maximum Gasteiger partial charge on any atom is 0.276 e. The third kappa shape index (κ3) is 4.59. The van der Waals surface area contributed by atoms with Crippen LogP contribution in [0.2, 0.25) is 0 Å². The van der Waals surface area contributed by atoms with E-state index in [0.717, 1.165) is 10.4 Å². The number of hydrogen-bond acceptors (Lipinski definition) is 8. The Balaban J connectivity index is 1.64. The van der Waals surface area contributed by atoms with Crippen molar-refractivity contribution in [2.75, 3.05) is 25.7 Å². The molecule has 1 aliphatic heterocycles. The van der Waals surface area contributed by atoms with Gasteiger partial charge in [-0.2, -0.15) is 0 Å². The molecule has 8 nitrogen and oxygen atoms in total. The first-order valence-corrected chi connectivity index (χ1v) is 12.3. The minimum atomic E-state index is -3.18. The molecule has 1 amide bonds. The fraction of sp³-hybridized carbons (Fsp3) is 0.333. The molecule has 0 radical (unpaired) electrons. The van der Waals surface area contributed by atoms with Crippen LogP contribution in [0.25, 0.3) is 10.6 Å². The second-order valence-electron chi connectivity index (χ2n) is 7.23. The molecule has 2 aromatic heterocycles. The molecule has 1 saturated heterocycles. The number of aromatic nitrogens is 1. The van der Waals surface area contributed by atoms with Crippen LogP contribution in [0.4, 0.5) is 0 Å². The lowest BCUT2D eigenvalue weighted by atomic mass is 10.1. The van der Waals surface area contributed by atoms with Crippen LogP contribution in [-0.4, -0.2) is 56.1 Å². The topological polar surface area (TPSA) is 98.9 Å². The number of hydrogen-bond donors (Lipinski definition) is 0. The van der Waals surface area contributed by atoms with Crippen molar-refractivity contribution in [3.05, 3.63) is 53.0 Å². The zero-order chi connectivity index (χ0) is 22.0. The zero-order valence-electron chi connectivity index (χ0n) is 17.1. The summed E-state index contributed by atoms with van der Waals surface area (Å²) in [6, 6.07) is 10.3. The Morgan fingerprint density at radius 1 is 1.23 bits per heavy atom. The van der Waals surface area contributed by atoms with Crippen LogP contribution < -0.4 is 9.47 Å². The van der Waals surface area contributed by atoms with E-state index in [1.54, 1.807) is 30.2 Å². The van der Waals surface area contributed by atoms with E-state index in [-0.39, 0.29) is 29.7 Å². The van der Waals surface area contributed by atoms with Crippen LogP contribution in [0.3, 0.4) is 0 Å². The van der Waals surface area contributed by atoms with Gasteiger partial charge in [0.2, 0.25) is 0 Å². The molecule has 0 spiro atoms. The average Bonchev–Trinajstić information content (AvgIpc) is 3.51. The molecule has 0 saturated carbocycles. The zero-order valence-corrected chi connectivity index (χ0v) is 18.7. The molecule has 10 heteroatoms. The minimum Gasteiger partial charge on any atom is -0.493 e. The van der Waals surface area contributed by atoms with Gasteiger partial charge in [-0.3, -0.25) is 4.79 Å². The van der Waals surface area contributed by atoms with Gasteiger partial charge in [0.1, 0.15) is 0 Å². The Morgan fingerprint density at radius 3 is 2.68 bits per heavy atom. The molecule has 0 bridgehead atoms. The number of thiophene rings is 1. The van der Waals surface area contributed by atoms with E-state index in [2.05, 4.69) is 5.16 Å². The van der Waals surface area contributed by atoms with Gasteiger partial charge in [-0.15, -0.1) is 11.3 Å². The summed E-state index contributed by atoms with van der Waals surface area (Å²) >= 11 is 1.48. The lowest BCUT2D eigenvalue weighted by molar-refractivity contribution is 0.0670. The van der Waals surface area contributed by atoms with Crippen molar-refractivity contribution in [2.24, 2.45) is 0 Å². The molecular weight excluding hydrogens is 440 g/mol. The van der Waals surface area contributed by atoms with Gasteiger partial charge >= 0.3 is 0 Å². The van der Waals surface area contributed by atoms with Crippen LogP contribution >= 0.6 is 11.3 Å². The van der Waals surface area contributed by atoms with Crippen molar-refractivity contribution in [1.29, 1.82) is 0 Å². The summed E-state index contributed by atoms with van der Waals surface area (Å²) in [5, 5.41) is 5.86. The van der Waals surface area contributed by atoms with Crippen LogP contribution in [0.5, 0.6) is 11.5 Å². The Labute approximate surface area is 184 Å². The molecule has 164 valence electrons. The van der Waals surface area contributed by atoms with E-state index >= 15 is 0 Å². The average molecular weight is 463 g/mol. The predicted molar refractivity (Wildman–Crippen MR) is 116 cm³/mol. The van der Waals surface area contributed by atoms with Crippen molar-refractivity contribution in [2.45, 2.75) is 19.0 Å². The van der Waals surface area contributed by atoms with E-state index in [1.807, 2.05) is 23.6 Å². The fourth-order valence-electron chi connectivity index (χ4n) is 3.62. The standard InChI is InChI=1S/C21H22N2O6S2/c1-27-17-6-5-14(10-18(17)28-2)12-23(15-7-9-31(25,26)13-15)21(24)16-11-19(29-22-16)20-4-3-8-30-20/h3-6,8,10-11,15H,7,9,12-13H2,1-2H3. The van der Waals surface area contributed by atoms with Gasteiger partial charge in [0, 0.05) is 18.7 Å². The van der Waals surface area contributed by atoms with Crippen molar-refractivity contribution in [3.8, 4) is 22.1 Å². The number of nitrogens with zero attached hydrogens (tertiary/aromatic N) is 2. The summed E-state index contributed by atoms with van der Waals surface area (Å²) in [6.07, 6.45) is 0.386. The largest absolute Gasteiger partial charge is 0.493 e. The summed E-state index contributed by atoms with van der Waals surface area (Å²) in [5.74, 6) is 1.23. The first kappa shape index (κ1) is 21.4. The van der Waals surface area contributed by atoms with Gasteiger partial charge in [0.05, 0.1) is 30.6 Å². The van der Waals surface area contributed by atoms with Gasteiger partial charge in [-0.25, -0.2) is 8.42 Å². The smallest absolute Gasteiger partial charge is 0.276 e. The van der Waals surface area contributed by atoms with Crippen LogP contribution in [0.1, 0.15) is 22.5 Å². The lowest BCUT2D eigenvalue weighted by Gasteiger charge is -2.27. The maximum absolute atomic E-state index is 13.4. The number of ether oxygens (including phenoxy) is 2. The maximum atomic E-state index is 13.4. The molecule has 0 N–H and O–H groups in total. The van der Waals surface area contributed by atoms with E-state index in [0.29, 0.717) is 23.7 Å². The summed E-state index contributed by atoms with van der Waals surface area (Å²) in [4.78, 5) is 15.8. The van der Waals surface area contributed by atoms with Crippen molar-refractivity contribution >= 4 is 27.1 Å². The highest BCUT2D eigenvalue weighted by atomic mass is 32.2. The summed E-state index contributed by atoms with van der Waals surface area (Å²) in [7, 11) is -0.0976. The minimum absolute atomic E-state index is 0.0621. The fourth-order valence-corrected chi connectivity index (χ4v) is 6.03. The molecule has 31 heavy (non-hydrogen) atoms. The van der Waals surface area contributed by atoms with Gasteiger partial charge in [-0.1, -0.05) is 17.3 Å². The summed E-state index contributed by atoms with van der Waals surface area (Å²) in [6.45, 7) is 0.209. The number of carbonyl (C=O) groups is 1. The number of carbonyl (C=O) groups excluding carboxylic acids is 1. The Kier molecular flexibility index (Phi) is 6.01. The van der Waals surface area contributed by atoms with E-state index in [1.165, 1.54) is 18.4 Å². The number of benzene rings is 1. The molecule has 1 atom stereocenters. The van der Waals surface area contributed by atoms with Gasteiger partial charge in [-0.05, 0) is 35.6 Å². The third-order valence-electron chi connectivity index (χ3n) is 5.20. The second kappa shape index (κ2) is 8.72. The van der Waals surface area contributed by atoms with Crippen molar-refractivity contribution < 1.29 is 27.2 Å². The highest BCUT2D eigenvalue weighted by Gasteiger charge is 2.36. The lowest BCUT2D eigenvalue weighted by Crippen LogP contribution is -2.40. The first-order chi connectivity index (χ1) is 14.9. The Morgan fingerprint density at radius 2 is 2.03 bits per heavy atom. The number of rotatable bonds is 7. The second-order valence-corrected chi connectivity index (χ2v) is 10.4. The molecule has 4 rings (SSSR count).